The van der Waals surface area contributed by atoms with Gasteiger partial charge in [-0.25, -0.2) is 4.39 Å². The van der Waals surface area contributed by atoms with Crippen LogP contribution in [0.2, 0.25) is 0 Å². The Labute approximate surface area is 143 Å². The van der Waals surface area contributed by atoms with Gasteiger partial charge in [-0.15, -0.1) is 12.4 Å². The van der Waals surface area contributed by atoms with Crippen molar-refractivity contribution in [3.63, 3.8) is 0 Å². The molecule has 0 atom stereocenters. The first-order chi connectivity index (χ1) is 10.8. The maximum atomic E-state index is 14.1. The second-order valence-corrected chi connectivity index (χ2v) is 6.39. The van der Waals surface area contributed by atoms with Gasteiger partial charge in [0.1, 0.15) is 5.82 Å². The van der Waals surface area contributed by atoms with E-state index in [0.29, 0.717) is 19.2 Å². The van der Waals surface area contributed by atoms with Gasteiger partial charge < -0.3 is 10.2 Å². The second-order valence-electron chi connectivity index (χ2n) is 6.39. The monoisotopic (exact) mass is 366 g/mol. The molecule has 2 aliphatic rings. The van der Waals surface area contributed by atoms with Crippen molar-refractivity contribution in [2.24, 2.45) is 5.41 Å². The van der Waals surface area contributed by atoms with Crippen molar-refractivity contribution in [1.29, 1.82) is 0 Å². The zero-order valence-corrected chi connectivity index (χ0v) is 13.8. The molecule has 0 aliphatic carbocycles. The van der Waals surface area contributed by atoms with Crippen LogP contribution in [0.1, 0.15) is 35.2 Å². The van der Waals surface area contributed by atoms with E-state index in [1.165, 1.54) is 4.90 Å². The van der Waals surface area contributed by atoms with Gasteiger partial charge in [-0.05, 0) is 49.9 Å². The minimum absolute atomic E-state index is 0. The Morgan fingerprint density at radius 2 is 1.83 bits per heavy atom. The van der Waals surface area contributed by atoms with E-state index in [4.69, 9.17) is 0 Å². The molecular weight excluding hydrogens is 348 g/mol. The molecule has 1 N–H and O–H groups in total. The summed E-state index contributed by atoms with van der Waals surface area (Å²) in [4.78, 5) is 14.0. The van der Waals surface area contributed by atoms with E-state index in [9.17, 15) is 22.4 Å². The van der Waals surface area contributed by atoms with Crippen molar-refractivity contribution in [2.45, 2.75) is 25.4 Å². The number of hydrogen-bond donors (Lipinski definition) is 1. The highest BCUT2D eigenvalue weighted by molar-refractivity contribution is 5.95. The van der Waals surface area contributed by atoms with Gasteiger partial charge in [0, 0.05) is 13.1 Å². The molecule has 0 saturated carbocycles. The number of likely N-dealkylation sites (tertiary alicyclic amines) is 1. The lowest BCUT2D eigenvalue weighted by Gasteiger charge is -2.33. The Hall–Kier alpha value is -1.34. The Balaban J connectivity index is 0.00000208. The molecule has 24 heavy (non-hydrogen) atoms. The van der Waals surface area contributed by atoms with E-state index in [0.717, 1.165) is 44.5 Å². The van der Waals surface area contributed by atoms with Crippen molar-refractivity contribution < 1.29 is 22.4 Å². The molecule has 0 unspecified atom stereocenters. The number of benzene rings is 1. The first-order valence-corrected chi connectivity index (χ1v) is 7.68. The normalized spacial score (nSPS) is 20.1. The van der Waals surface area contributed by atoms with Gasteiger partial charge in [0.05, 0.1) is 11.1 Å². The molecular formula is C16H19ClF4N2O. The van der Waals surface area contributed by atoms with E-state index < -0.39 is 29.0 Å². The number of alkyl halides is 3. The summed E-state index contributed by atoms with van der Waals surface area (Å²) in [5.41, 5.74) is -1.86. The molecule has 3 rings (SSSR count). The van der Waals surface area contributed by atoms with E-state index in [1.807, 2.05) is 0 Å². The number of amides is 1. The molecule has 1 amide bonds. The number of piperidine rings is 1. The SMILES string of the molecule is Cl.O=C(c1cccc(C(F)(F)F)c1F)N1CCC2(CCNCC2)C1. The predicted molar refractivity (Wildman–Crippen MR) is 83.7 cm³/mol. The maximum absolute atomic E-state index is 14.1. The highest BCUT2D eigenvalue weighted by atomic mass is 35.5. The van der Waals surface area contributed by atoms with Crippen LogP contribution in [0.15, 0.2) is 18.2 Å². The Bertz CT molecular complexity index is 615. The average Bonchev–Trinajstić information content (AvgIpc) is 2.90. The molecule has 1 aromatic carbocycles. The van der Waals surface area contributed by atoms with Crippen LogP contribution in [0, 0.1) is 11.2 Å². The van der Waals surface area contributed by atoms with Gasteiger partial charge >= 0.3 is 6.18 Å². The summed E-state index contributed by atoms with van der Waals surface area (Å²) in [6.45, 7) is 2.71. The smallest absolute Gasteiger partial charge is 0.338 e. The number of nitrogens with one attached hydrogen (secondary N) is 1. The summed E-state index contributed by atoms with van der Waals surface area (Å²) in [6, 6.07) is 2.86. The van der Waals surface area contributed by atoms with E-state index in [2.05, 4.69) is 5.32 Å². The summed E-state index contributed by atoms with van der Waals surface area (Å²) in [5, 5.41) is 3.26. The molecule has 0 bridgehead atoms. The van der Waals surface area contributed by atoms with Crippen LogP contribution in [-0.4, -0.2) is 37.0 Å². The Morgan fingerprint density at radius 3 is 2.46 bits per heavy atom. The van der Waals surface area contributed by atoms with Crippen molar-refractivity contribution >= 4 is 18.3 Å². The van der Waals surface area contributed by atoms with Gasteiger partial charge in [0.2, 0.25) is 0 Å². The van der Waals surface area contributed by atoms with E-state index in [-0.39, 0.29) is 17.8 Å². The third-order valence-corrected chi connectivity index (χ3v) is 4.92. The number of carbonyl (C=O) groups is 1. The molecule has 1 spiro atoms. The number of hydrogen-bond acceptors (Lipinski definition) is 2. The second kappa shape index (κ2) is 6.88. The van der Waals surface area contributed by atoms with Crippen LogP contribution in [0.5, 0.6) is 0 Å². The molecule has 2 heterocycles. The molecule has 1 aromatic rings. The largest absolute Gasteiger partial charge is 0.419 e. The van der Waals surface area contributed by atoms with Crippen LogP contribution in [0.25, 0.3) is 0 Å². The van der Waals surface area contributed by atoms with E-state index in [1.54, 1.807) is 0 Å². The first kappa shape index (κ1) is 19.0. The first-order valence-electron chi connectivity index (χ1n) is 7.68. The lowest BCUT2D eigenvalue weighted by molar-refractivity contribution is -0.140. The summed E-state index contributed by atoms with van der Waals surface area (Å²) >= 11 is 0. The quantitative estimate of drug-likeness (QED) is 0.772. The fourth-order valence-electron chi connectivity index (χ4n) is 3.56. The molecule has 8 heteroatoms. The molecule has 2 saturated heterocycles. The van der Waals surface area contributed by atoms with Gasteiger partial charge in [-0.3, -0.25) is 4.79 Å². The number of nitrogens with zero attached hydrogens (tertiary/aromatic N) is 1. The van der Waals surface area contributed by atoms with Crippen LogP contribution >= 0.6 is 12.4 Å². The number of rotatable bonds is 1. The van der Waals surface area contributed by atoms with Crippen LogP contribution < -0.4 is 5.32 Å². The average molecular weight is 367 g/mol. The lowest BCUT2D eigenvalue weighted by Crippen LogP contribution is -2.40. The molecule has 2 fully saturated rings. The van der Waals surface area contributed by atoms with Gasteiger partial charge in [-0.2, -0.15) is 13.2 Å². The fourth-order valence-corrected chi connectivity index (χ4v) is 3.56. The zero-order valence-electron chi connectivity index (χ0n) is 13.0. The molecule has 134 valence electrons. The van der Waals surface area contributed by atoms with Crippen LogP contribution in [-0.2, 0) is 6.18 Å². The maximum Gasteiger partial charge on any atom is 0.419 e. The standard InChI is InChI=1S/C16H18F4N2O.ClH/c17-13-11(2-1-3-12(13)16(18,19)20)14(23)22-9-6-15(10-22)4-7-21-8-5-15;/h1-3,21H,4-10H2;1H. The third-order valence-electron chi connectivity index (χ3n) is 4.92. The molecule has 0 aromatic heterocycles. The summed E-state index contributed by atoms with van der Waals surface area (Å²) in [6.07, 6.45) is -2.12. The van der Waals surface area contributed by atoms with E-state index >= 15 is 0 Å². The van der Waals surface area contributed by atoms with Crippen molar-refractivity contribution in [2.75, 3.05) is 26.2 Å². The Kier molecular flexibility index (Phi) is 5.44. The predicted octanol–water partition coefficient (Wildman–Crippen LogP) is 3.48. The van der Waals surface area contributed by atoms with Gasteiger partial charge in [-0.1, -0.05) is 6.07 Å². The van der Waals surface area contributed by atoms with Crippen molar-refractivity contribution in [1.82, 2.24) is 10.2 Å². The summed E-state index contributed by atoms with van der Waals surface area (Å²) in [5.74, 6) is -2.12. The fraction of sp³-hybridized carbons (Fsp3) is 0.562. The number of halogens is 5. The summed E-state index contributed by atoms with van der Waals surface area (Å²) in [7, 11) is 0. The highest BCUT2D eigenvalue weighted by Crippen LogP contribution is 2.39. The molecule has 0 radical (unpaired) electrons. The topological polar surface area (TPSA) is 32.3 Å². The van der Waals surface area contributed by atoms with Crippen molar-refractivity contribution in [3.05, 3.63) is 35.1 Å². The molecule has 2 aliphatic heterocycles. The minimum Gasteiger partial charge on any atom is -0.338 e. The summed E-state index contributed by atoms with van der Waals surface area (Å²) < 4.78 is 52.5. The highest BCUT2D eigenvalue weighted by Gasteiger charge is 2.42. The van der Waals surface area contributed by atoms with Gasteiger partial charge in [0.15, 0.2) is 0 Å². The van der Waals surface area contributed by atoms with Crippen LogP contribution in [0.4, 0.5) is 17.6 Å². The van der Waals surface area contributed by atoms with Crippen molar-refractivity contribution in [3.8, 4) is 0 Å². The minimum atomic E-state index is -4.80. The number of carbonyl (C=O) groups excluding carboxylic acids is 1. The Morgan fingerprint density at radius 1 is 1.17 bits per heavy atom. The lowest BCUT2D eigenvalue weighted by atomic mass is 9.78. The van der Waals surface area contributed by atoms with Gasteiger partial charge in [0.25, 0.3) is 5.91 Å². The van der Waals surface area contributed by atoms with Crippen LogP contribution in [0.3, 0.4) is 0 Å². The molecule has 3 nitrogen and oxygen atoms in total. The third kappa shape index (κ3) is 3.52. The zero-order chi connectivity index (χ0) is 16.7.